The molecule has 39 heavy (non-hydrogen) atoms. The summed E-state index contributed by atoms with van der Waals surface area (Å²) in [4.78, 5) is 1.43. The Morgan fingerprint density at radius 1 is 0.615 bits per heavy atom. The minimum Gasteiger partial charge on any atom is -0.136 e. The third-order valence-corrected chi connectivity index (χ3v) is 10.1. The maximum Gasteiger partial charge on any atom is 0.0352 e. The molecule has 2 unspecified atom stereocenters. The highest BCUT2D eigenvalue weighted by atomic mass is 32.1. The molecule has 8 rings (SSSR count). The van der Waals surface area contributed by atoms with Crippen molar-refractivity contribution in [3.8, 4) is 0 Å². The zero-order valence-corrected chi connectivity index (χ0v) is 22.8. The zero-order chi connectivity index (χ0) is 25.8. The summed E-state index contributed by atoms with van der Waals surface area (Å²) >= 11 is 1.93. The molecule has 0 bridgehead atoms. The van der Waals surface area contributed by atoms with Crippen molar-refractivity contribution < 1.29 is 0 Å². The fourth-order valence-electron chi connectivity index (χ4n) is 7.18. The normalized spacial score (nSPS) is 18.9. The summed E-state index contributed by atoms with van der Waals surface area (Å²) in [5.41, 5.74) is 7.44. The fourth-order valence-corrected chi connectivity index (χ4v) is 8.33. The largest absolute Gasteiger partial charge is 0.136 e. The summed E-state index contributed by atoms with van der Waals surface area (Å²) in [7, 11) is 0. The van der Waals surface area contributed by atoms with E-state index in [1.807, 2.05) is 11.3 Å². The van der Waals surface area contributed by atoms with Crippen LogP contribution in [-0.2, 0) is 6.42 Å². The second-order valence-electron chi connectivity index (χ2n) is 11.1. The van der Waals surface area contributed by atoms with E-state index in [1.165, 1.54) is 70.8 Å². The van der Waals surface area contributed by atoms with Gasteiger partial charge in [-0.05, 0) is 98.5 Å². The van der Waals surface area contributed by atoms with Gasteiger partial charge in [-0.25, -0.2) is 0 Å². The van der Waals surface area contributed by atoms with Crippen LogP contribution in [0.4, 0.5) is 0 Å². The van der Waals surface area contributed by atoms with Crippen LogP contribution in [0.2, 0.25) is 0 Å². The highest BCUT2D eigenvalue weighted by Gasteiger charge is 2.26. The summed E-state index contributed by atoms with van der Waals surface area (Å²) in [6, 6.07) is 38.4. The van der Waals surface area contributed by atoms with Gasteiger partial charge in [0.15, 0.2) is 0 Å². The first-order chi connectivity index (χ1) is 19.3. The molecule has 0 amide bonds. The molecule has 0 nitrogen and oxygen atoms in total. The molecule has 1 aromatic heterocycles. The Hall–Kier alpha value is -3.94. The predicted octanol–water partition coefficient (Wildman–Crippen LogP) is 10.9. The molecule has 0 saturated carbocycles. The van der Waals surface area contributed by atoms with E-state index in [4.69, 9.17) is 0 Å². The average molecular weight is 519 g/mol. The van der Waals surface area contributed by atoms with Gasteiger partial charge in [0, 0.05) is 15.5 Å². The van der Waals surface area contributed by atoms with E-state index >= 15 is 0 Å². The van der Waals surface area contributed by atoms with Crippen molar-refractivity contribution >= 4 is 54.6 Å². The molecule has 1 heteroatoms. The standard InChI is InChI=1S/C38H30S/c1-2-11-25(12-3-1)26-13-10-14-27(23-26)37-30-16-4-6-18-32(30)38(33-19-7-5-17-31(33)37)28-21-22-36-34(24-28)29-15-8-9-20-35(29)39-36/h1-9,11-12,14-22,26,28H,10,13,23-24H2. The highest BCUT2D eigenvalue weighted by Crippen LogP contribution is 2.47. The van der Waals surface area contributed by atoms with Gasteiger partial charge in [0.25, 0.3) is 0 Å². The SMILES string of the molecule is C1=CC(c2c3ccccc3c(C3=CCCC(c4ccccc4)C3)c3ccccc23)Cc2c1sc1ccccc21. The van der Waals surface area contributed by atoms with Crippen molar-refractivity contribution in [2.75, 3.05) is 0 Å². The van der Waals surface area contributed by atoms with Crippen LogP contribution in [0.1, 0.15) is 58.2 Å². The smallest absolute Gasteiger partial charge is 0.0352 e. The van der Waals surface area contributed by atoms with Crippen LogP contribution in [0.5, 0.6) is 0 Å². The molecule has 0 fully saturated rings. The Balaban J connectivity index is 1.31. The molecule has 0 aliphatic heterocycles. The maximum absolute atomic E-state index is 2.53. The summed E-state index contributed by atoms with van der Waals surface area (Å²) in [6.45, 7) is 0. The molecule has 0 saturated heterocycles. The number of fused-ring (bicyclic) bond motifs is 5. The lowest BCUT2D eigenvalue weighted by Crippen LogP contribution is -2.08. The van der Waals surface area contributed by atoms with Crippen molar-refractivity contribution in [2.45, 2.75) is 37.5 Å². The van der Waals surface area contributed by atoms with Crippen LogP contribution in [-0.4, -0.2) is 0 Å². The molecule has 1 heterocycles. The van der Waals surface area contributed by atoms with Crippen molar-refractivity contribution in [2.24, 2.45) is 0 Å². The summed E-state index contributed by atoms with van der Waals surface area (Å²) in [6.07, 6.45) is 11.9. The third kappa shape index (κ3) is 3.79. The van der Waals surface area contributed by atoms with Crippen molar-refractivity contribution in [3.63, 3.8) is 0 Å². The van der Waals surface area contributed by atoms with E-state index in [-0.39, 0.29) is 0 Å². The minimum atomic E-state index is 0.358. The predicted molar refractivity (Wildman–Crippen MR) is 170 cm³/mol. The van der Waals surface area contributed by atoms with Gasteiger partial charge in [-0.1, -0.05) is 109 Å². The maximum atomic E-state index is 2.53. The van der Waals surface area contributed by atoms with Gasteiger partial charge in [-0.3, -0.25) is 0 Å². The monoisotopic (exact) mass is 518 g/mol. The van der Waals surface area contributed by atoms with E-state index in [2.05, 4.69) is 121 Å². The van der Waals surface area contributed by atoms with Gasteiger partial charge in [0.1, 0.15) is 0 Å². The van der Waals surface area contributed by atoms with Crippen LogP contribution in [0, 0.1) is 0 Å². The van der Waals surface area contributed by atoms with Crippen molar-refractivity contribution in [3.05, 3.63) is 142 Å². The van der Waals surface area contributed by atoms with E-state index in [0.717, 1.165) is 19.3 Å². The second-order valence-corrected chi connectivity index (χ2v) is 12.2. The number of hydrogen-bond donors (Lipinski definition) is 0. The van der Waals surface area contributed by atoms with E-state index in [1.54, 1.807) is 0 Å². The van der Waals surface area contributed by atoms with E-state index in [9.17, 15) is 0 Å². The summed E-state index contributed by atoms with van der Waals surface area (Å²) in [5.74, 6) is 0.937. The quantitative estimate of drug-likeness (QED) is 0.204. The average Bonchev–Trinajstić information content (AvgIpc) is 3.38. The minimum absolute atomic E-state index is 0.358. The van der Waals surface area contributed by atoms with Gasteiger partial charge < -0.3 is 0 Å². The molecule has 2 atom stereocenters. The molecule has 0 radical (unpaired) electrons. The molecule has 188 valence electrons. The summed E-state index contributed by atoms with van der Waals surface area (Å²) < 4.78 is 1.40. The lowest BCUT2D eigenvalue weighted by Gasteiger charge is -2.28. The van der Waals surface area contributed by atoms with Gasteiger partial charge in [-0.2, -0.15) is 0 Å². The first-order valence-corrected chi connectivity index (χ1v) is 15.0. The first-order valence-electron chi connectivity index (χ1n) is 14.2. The lowest BCUT2D eigenvalue weighted by molar-refractivity contribution is 0.628. The van der Waals surface area contributed by atoms with Crippen molar-refractivity contribution in [1.82, 2.24) is 0 Å². The van der Waals surface area contributed by atoms with Crippen molar-refractivity contribution in [1.29, 1.82) is 0 Å². The van der Waals surface area contributed by atoms with Gasteiger partial charge in [-0.15, -0.1) is 11.3 Å². The van der Waals surface area contributed by atoms with Crippen LogP contribution in [0.15, 0.2) is 115 Å². The number of hydrogen-bond acceptors (Lipinski definition) is 1. The number of rotatable bonds is 3. The molecule has 0 spiro atoms. The van der Waals surface area contributed by atoms with Crippen LogP contribution >= 0.6 is 11.3 Å². The number of benzene rings is 5. The van der Waals surface area contributed by atoms with Crippen LogP contribution in [0.3, 0.4) is 0 Å². The fraction of sp³-hybridized carbons (Fsp3) is 0.158. The third-order valence-electron chi connectivity index (χ3n) is 8.94. The van der Waals surface area contributed by atoms with Gasteiger partial charge >= 0.3 is 0 Å². The Labute approximate surface area is 233 Å². The van der Waals surface area contributed by atoms with Crippen LogP contribution < -0.4 is 0 Å². The Kier molecular flexibility index (Phi) is 5.52. The number of thiophene rings is 1. The zero-order valence-electron chi connectivity index (χ0n) is 21.9. The Morgan fingerprint density at radius 2 is 1.26 bits per heavy atom. The summed E-state index contributed by atoms with van der Waals surface area (Å²) in [5, 5.41) is 7.05. The molecule has 5 aromatic carbocycles. The van der Waals surface area contributed by atoms with E-state index in [0.29, 0.717) is 11.8 Å². The Bertz CT molecular complexity index is 1860. The molecule has 2 aliphatic rings. The second kappa shape index (κ2) is 9.36. The molecule has 0 N–H and O–H groups in total. The number of allylic oxidation sites excluding steroid dienone is 3. The lowest BCUT2D eigenvalue weighted by atomic mass is 9.76. The Morgan fingerprint density at radius 3 is 2.00 bits per heavy atom. The molecular formula is C38H30S. The highest BCUT2D eigenvalue weighted by molar-refractivity contribution is 7.20. The molecule has 2 aliphatic carbocycles. The molecular weight excluding hydrogens is 488 g/mol. The van der Waals surface area contributed by atoms with Gasteiger partial charge in [0.2, 0.25) is 0 Å². The van der Waals surface area contributed by atoms with Crippen LogP contribution in [0.25, 0.3) is 43.3 Å². The first kappa shape index (κ1) is 23.0. The van der Waals surface area contributed by atoms with Gasteiger partial charge in [0.05, 0.1) is 0 Å². The molecule has 6 aromatic rings. The van der Waals surface area contributed by atoms with E-state index < -0.39 is 0 Å². The topological polar surface area (TPSA) is 0 Å².